The van der Waals surface area contributed by atoms with Gasteiger partial charge in [-0.05, 0) is 25.0 Å². The van der Waals surface area contributed by atoms with Gasteiger partial charge < -0.3 is 15.4 Å². The van der Waals surface area contributed by atoms with Gasteiger partial charge in [0, 0.05) is 36.7 Å². The Kier molecular flexibility index (Phi) is 5.89. The molecule has 1 aromatic carbocycles. The van der Waals surface area contributed by atoms with Crippen LogP contribution in [0.3, 0.4) is 0 Å². The van der Waals surface area contributed by atoms with Gasteiger partial charge in [0.05, 0.1) is 12.8 Å². The maximum atomic E-state index is 12.4. The van der Waals surface area contributed by atoms with E-state index in [1.54, 1.807) is 7.11 Å². The van der Waals surface area contributed by atoms with Crippen molar-refractivity contribution in [2.24, 2.45) is 0 Å². The average molecular weight is 350 g/mol. The maximum Gasteiger partial charge on any atom is 0.319 e. The third kappa shape index (κ3) is 3.98. The quantitative estimate of drug-likeness (QED) is 0.857. The zero-order chi connectivity index (χ0) is 16.8. The van der Waals surface area contributed by atoms with Crippen molar-refractivity contribution < 1.29 is 9.53 Å². The number of benzene rings is 1. The van der Waals surface area contributed by atoms with Gasteiger partial charge in [0.25, 0.3) is 0 Å². The molecule has 0 radical (unpaired) electrons. The molecule has 3 rings (SSSR count). The van der Waals surface area contributed by atoms with Gasteiger partial charge in [-0.3, -0.25) is 4.90 Å². The first-order valence-electron chi connectivity index (χ1n) is 8.74. The van der Waals surface area contributed by atoms with Gasteiger partial charge in [-0.25, -0.2) is 4.79 Å². The average Bonchev–Trinajstić information content (AvgIpc) is 3.11. The highest BCUT2D eigenvalue weighted by Gasteiger charge is 2.40. The molecule has 1 heterocycles. The van der Waals surface area contributed by atoms with Crippen LogP contribution in [-0.2, 0) is 0 Å². The van der Waals surface area contributed by atoms with E-state index in [1.807, 2.05) is 36.0 Å². The summed E-state index contributed by atoms with van der Waals surface area (Å²) >= 11 is 2.03. The first-order chi connectivity index (χ1) is 11.7. The van der Waals surface area contributed by atoms with E-state index in [1.165, 1.54) is 37.2 Å². The van der Waals surface area contributed by atoms with Crippen molar-refractivity contribution in [2.45, 2.75) is 31.2 Å². The normalized spacial score (nSPS) is 20.5. The first kappa shape index (κ1) is 17.4. The number of amides is 2. The predicted molar refractivity (Wildman–Crippen MR) is 100 cm³/mol. The molecule has 1 saturated heterocycles. The third-order valence-electron chi connectivity index (χ3n) is 5.15. The summed E-state index contributed by atoms with van der Waals surface area (Å²) in [6.07, 6.45) is 4.90. The van der Waals surface area contributed by atoms with E-state index in [4.69, 9.17) is 4.74 Å². The molecule has 1 aliphatic heterocycles. The van der Waals surface area contributed by atoms with E-state index in [9.17, 15) is 4.79 Å². The minimum Gasteiger partial charge on any atom is -0.495 e. The van der Waals surface area contributed by atoms with Crippen LogP contribution in [-0.4, -0.2) is 54.7 Å². The van der Waals surface area contributed by atoms with Crippen molar-refractivity contribution in [1.82, 2.24) is 10.2 Å². The second-order valence-corrected chi connectivity index (χ2v) is 7.76. The van der Waals surface area contributed by atoms with E-state index in [2.05, 4.69) is 15.5 Å². The zero-order valence-electron chi connectivity index (χ0n) is 14.3. The van der Waals surface area contributed by atoms with Crippen LogP contribution in [0.5, 0.6) is 5.75 Å². The molecule has 1 aliphatic carbocycles. The van der Waals surface area contributed by atoms with Crippen LogP contribution in [0.25, 0.3) is 0 Å². The lowest BCUT2D eigenvalue weighted by Gasteiger charge is -2.43. The number of anilines is 1. The molecule has 2 fully saturated rings. The number of ether oxygens (including phenoxy) is 1. The Hall–Kier alpha value is -1.40. The molecular formula is C18H27N3O2S. The van der Waals surface area contributed by atoms with Gasteiger partial charge >= 0.3 is 6.03 Å². The number of nitrogens with zero attached hydrogens (tertiary/aromatic N) is 1. The summed E-state index contributed by atoms with van der Waals surface area (Å²) < 4.78 is 5.29. The smallest absolute Gasteiger partial charge is 0.319 e. The molecule has 5 nitrogen and oxygen atoms in total. The van der Waals surface area contributed by atoms with E-state index >= 15 is 0 Å². The van der Waals surface area contributed by atoms with E-state index < -0.39 is 0 Å². The number of hydrogen-bond donors (Lipinski definition) is 2. The molecule has 24 heavy (non-hydrogen) atoms. The molecule has 0 unspecified atom stereocenters. The molecular weight excluding hydrogens is 322 g/mol. The van der Waals surface area contributed by atoms with Gasteiger partial charge in [-0.15, -0.1) is 0 Å². The van der Waals surface area contributed by atoms with Gasteiger partial charge in [-0.2, -0.15) is 11.8 Å². The number of thioether (sulfide) groups is 1. The predicted octanol–water partition coefficient (Wildman–Crippen LogP) is 3.18. The number of nitrogens with one attached hydrogen (secondary N) is 2. The molecule has 0 spiro atoms. The highest BCUT2D eigenvalue weighted by atomic mass is 32.2. The van der Waals surface area contributed by atoms with Gasteiger partial charge in [-0.1, -0.05) is 25.0 Å². The first-order valence-corrected chi connectivity index (χ1v) is 9.90. The number of methoxy groups -OCH3 is 1. The topological polar surface area (TPSA) is 53.6 Å². The Morgan fingerprint density at radius 1 is 1.25 bits per heavy atom. The summed E-state index contributed by atoms with van der Waals surface area (Å²) in [5.41, 5.74) is 0.853. The van der Waals surface area contributed by atoms with Crippen LogP contribution in [0.1, 0.15) is 25.7 Å². The van der Waals surface area contributed by atoms with Crippen molar-refractivity contribution in [3.8, 4) is 5.75 Å². The Morgan fingerprint density at radius 3 is 2.67 bits per heavy atom. The molecule has 0 bridgehead atoms. The van der Waals surface area contributed by atoms with Gasteiger partial charge in [0.1, 0.15) is 5.75 Å². The molecule has 1 saturated carbocycles. The van der Waals surface area contributed by atoms with Crippen LogP contribution in [0.4, 0.5) is 10.5 Å². The van der Waals surface area contributed by atoms with Crippen molar-refractivity contribution >= 4 is 23.5 Å². The standard InChI is InChI=1S/C18H27N3O2S/c1-23-16-7-3-2-6-15(16)20-17(22)19-14-18(8-4-5-9-18)21-10-12-24-13-11-21/h2-3,6-7H,4-5,8-14H2,1H3,(H2,19,20,22). The molecule has 2 aliphatic rings. The molecule has 2 N–H and O–H groups in total. The minimum absolute atomic E-state index is 0.152. The fourth-order valence-electron chi connectivity index (χ4n) is 3.83. The summed E-state index contributed by atoms with van der Waals surface area (Å²) in [5.74, 6) is 3.08. The molecule has 2 amide bonds. The summed E-state index contributed by atoms with van der Waals surface area (Å²) in [7, 11) is 1.61. The molecule has 6 heteroatoms. The summed E-state index contributed by atoms with van der Waals surface area (Å²) in [4.78, 5) is 15.0. The minimum atomic E-state index is -0.155. The highest BCUT2D eigenvalue weighted by molar-refractivity contribution is 7.99. The Morgan fingerprint density at radius 2 is 1.96 bits per heavy atom. The van der Waals surface area contributed by atoms with Crippen LogP contribution in [0.2, 0.25) is 0 Å². The van der Waals surface area contributed by atoms with Gasteiger partial charge in [0.2, 0.25) is 0 Å². The number of carbonyl (C=O) groups is 1. The Bertz CT molecular complexity index is 555. The summed E-state index contributed by atoms with van der Waals surface area (Å²) in [5, 5.41) is 6.02. The number of hydrogen-bond acceptors (Lipinski definition) is 4. The van der Waals surface area contributed by atoms with E-state index in [-0.39, 0.29) is 11.6 Å². The van der Waals surface area contributed by atoms with Crippen molar-refractivity contribution in [3.05, 3.63) is 24.3 Å². The lowest BCUT2D eigenvalue weighted by molar-refractivity contribution is 0.105. The van der Waals surface area contributed by atoms with Crippen LogP contribution < -0.4 is 15.4 Å². The molecule has 0 atom stereocenters. The van der Waals surface area contributed by atoms with Crippen molar-refractivity contribution in [3.63, 3.8) is 0 Å². The monoisotopic (exact) mass is 349 g/mol. The van der Waals surface area contributed by atoms with E-state index in [0.29, 0.717) is 11.4 Å². The molecule has 0 aromatic heterocycles. The fourth-order valence-corrected chi connectivity index (χ4v) is 4.74. The van der Waals surface area contributed by atoms with Crippen molar-refractivity contribution in [1.29, 1.82) is 0 Å². The van der Waals surface area contributed by atoms with Gasteiger partial charge in [0.15, 0.2) is 0 Å². The lowest BCUT2D eigenvalue weighted by atomic mass is 9.94. The van der Waals surface area contributed by atoms with Crippen LogP contribution >= 0.6 is 11.8 Å². The van der Waals surface area contributed by atoms with Crippen LogP contribution in [0.15, 0.2) is 24.3 Å². The SMILES string of the molecule is COc1ccccc1NC(=O)NCC1(N2CCSCC2)CCCC1. The number of urea groups is 1. The molecule has 132 valence electrons. The van der Waals surface area contributed by atoms with E-state index in [0.717, 1.165) is 19.6 Å². The lowest BCUT2D eigenvalue weighted by Crippen LogP contribution is -2.56. The maximum absolute atomic E-state index is 12.4. The summed E-state index contributed by atoms with van der Waals surface area (Å²) in [6, 6.07) is 7.33. The largest absolute Gasteiger partial charge is 0.495 e. The zero-order valence-corrected chi connectivity index (χ0v) is 15.2. The van der Waals surface area contributed by atoms with Crippen molar-refractivity contribution in [2.75, 3.05) is 43.6 Å². The Labute approximate surface area is 148 Å². The third-order valence-corrected chi connectivity index (χ3v) is 6.09. The number of para-hydroxylation sites is 2. The second-order valence-electron chi connectivity index (χ2n) is 6.54. The Balaban J connectivity index is 1.59. The number of rotatable bonds is 5. The highest BCUT2D eigenvalue weighted by Crippen LogP contribution is 2.36. The second kappa shape index (κ2) is 8.12. The molecule has 1 aromatic rings. The fraction of sp³-hybridized carbons (Fsp3) is 0.611. The summed E-state index contributed by atoms with van der Waals surface area (Å²) in [6.45, 7) is 3.00. The van der Waals surface area contributed by atoms with Crippen LogP contribution in [0, 0.1) is 0 Å². The number of carbonyl (C=O) groups excluding carboxylic acids is 1.